The third-order valence-corrected chi connectivity index (χ3v) is 4.28. The fourth-order valence-electron chi connectivity index (χ4n) is 2.63. The molecule has 0 saturated carbocycles. The molecule has 5 nitrogen and oxygen atoms in total. The van der Waals surface area contributed by atoms with Crippen LogP contribution >= 0.6 is 0 Å². The highest BCUT2D eigenvalue weighted by molar-refractivity contribution is 6.04. The minimum atomic E-state index is -0.499. The number of para-hydroxylation sites is 1. The highest BCUT2D eigenvalue weighted by atomic mass is 16.2. The number of carbonyl (C=O) groups excluding carboxylic acids is 2. The predicted octanol–water partition coefficient (Wildman–Crippen LogP) is 2.50. The van der Waals surface area contributed by atoms with Crippen LogP contribution in [0.3, 0.4) is 0 Å². The van der Waals surface area contributed by atoms with Crippen molar-refractivity contribution in [3.05, 3.63) is 29.8 Å². The Morgan fingerprint density at radius 3 is 2.30 bits per heavy atom. The van der Waals surface area contributed by atoms with Crippen molar-refractivity contribution in [2.45, 2.75) is 39.7 Å². The van der Waals surface area contributed by atoms with E-state index in [-0.39, 0.29) is 11.8 Å². The Balaban J connectivity index is 2.14. The number of anilines is 1. The third-order valence-electron chi connectivity index (χ3n) is 4.28. The summed E-state index contributed by atoms with van der Waals surface area (Å²) in [6.45, 7) is 7.05. The first-order chi connectivity index (χ1) is 10.8. The van der Waals surface area contributed by atoms with Crippen molar-refractivity contribution in [1.29, 1.82) is 0 Å². The lowest BCUT2D eigenvalue weighted by Crippen LogP contribution is -2.44. The number of likely N-dealkylation sites (tertiary alicyclic amines) is 1. The number of nitrogens with zero attached hydrogens (tertiary/aromatic N) is 1. The predicted molar refractivity (Wildman–Crippen MR) is 92.5 cm³/mol. The monoisotopic (exact) mass is 317 g/mol. The van der Waals surface area contributed by atoms with E-state index in [1.807, 2.05) is 44.9 Å². The second kappa shape index (κ2) is 7.13. The molecule has 1 aliphatic heterocycles. The van der Waals surface area contributed by atoms with Crippen LogP contribution in [-0.2, 0) is 4.79 Å². The van der Waals surface area contributed by atoms with Crippen molar-refractivity contribution in [2.24, 2.45) is 5.41 Å². The summed E-state index contributed by atoms with van der Waals surface area (Å²) >= 11 is 0. The van der Waals surface area contributed by atoms with Gasteiger partial charge in [0.05, 0.1) is 11.3 Å². The number of piperidine rings is 1. The van der Waals surface area contributed by atoms with Crippen molar-refractivity contribution in [3.8, 4) is 0 Å². The van der Waals surface area contributed by atoms with Crippen molar-refractivity contribution in [2.75, 3.05) is 25.5 Å². The van der Waals surface area contributed by atoms with Gasteiger partial charge in [-0.05, 0) is 32.0 Å². The van der Waals surface area contributed by atoms with Gasteiger partial charge in [0.25, 0.3) is 5.91 Å². The maximum Gasteiger partial charge on any atom is 0.255 e. The molecule has 2 amide bonds. The molecule has 23 heavy (non-hydrogen) atoms. The van der Waals surface area contributed by atoms with Crippen LogP contribution in [0, 0.1) is 5.41 Å². The molecule has 1 fully saturated rings. The molecule has 0 spiro atoms. The van der Waals surface area contributed by atoms with Gasteiger partial charge in [0.2, 0.25) is 5.91 Å². The second-order valence-corrected chi connectivity index (χ2v) is 7.10. The quantitative estimate of drug-likeness (QED) is 0.900. The number of rotatable bonds is 3. The maximum atomic E-state index is 12.8. The molecule has 2 rings (SSSR count). The number of carbonyl (C=O) groups is 2. The van der Waals surface area contributed by atoms with E-state index >= 15 is 0 Å². The molecule has 0 atom stereocenters. The normalized spacial score (nSPS) is 16.3. The van der Waals surface area contributed by atoms with Crippen LogP contribution in [-0.4, -0.2) is 42.9 Å². The second-order valence-electron chi connectivity index (χ2n) is 7.10. The first-order valence-electron chi connectivity index (χ1n) is 8.20. The Labute approximate surface area is 138 Å². The van der Waals surface area contributed by atoms with E-state index in [0.717, 1.165) is 25.9 Å². The average Bonchev–Trinajstić information content (AvgIpc) is 2.54. The lowest BCUT2D eigenvalue weighted by atomic mass is 9.95. The highest BCUT2D eigenvalue weighted by Gasteiger charge is 2.26. The van der Waals surface area contributed by atoms with Gasteiger partial charge in [-0.15, -0.1) is 0 Å². The van der Waals surface area contributed by atoms with Crippen LogP contribution in [0.4, 0.5) is 5.69 Å². The molecule has 2 N–H and O–H groups in total. The van der Waals surface area contributed by atoms with Gasteiger partial charge in [0.1, 0.15) is 0 Å². The molecular weight excluding hydrogens is 290 g/mol. The Morgan fingerprint density at radius 2 is 1.74 bits per heavy atom. The topological polar surface area (TPSA) is 61.4 Å². The van der Waals surface area contributed by atoms with E-state index in [4.69, 9.17) is 0 Å². The van der Waals surface area contributed by atoms with Crippen molar-refractivity contribution in [3.63, 3.8) is 0 Å². The molecule has 1 aliphatic rings. The zero-order chi connectivity index (χ0) is 17.0. The smallest absolute Gasteiger partial charge is 0.255 e. The molecule has 0 aromatic heterocycles. The van der Waals surface area contributed by atoms with Gasteiger partial charge in [0, 0.05) is 24.5 Å². The lowest BCUT2D eigenvalue weighted by molar-refractivity contribution is -0.123. The largest absolute Gasteiger partial charge is 0.338 e. The van der Waals surface area contributed by atoms with Crippen LogP contribution in [0.2, 0.25) is 0 Å². The minimum absolute atomic E-state index is 0.00985. The molecule has 0 aliphatic carbocycles. The molecule has 0 bridgehead atoms. The van der Waals surface area contributed by atoms with Gasteiger partial charge in [-0.25, -0.2) is 0 Å². The summed E-state index contributed by atoms with van der Waals surface area (Å²) in [6.07, 6.45) is 1.91. The Hall–Kier alpha value is -1.88. The van der Waals surface area contributed by atoms with Gasteiger partial charge in [-0.3, -0.25) is 9.59 Å². The number of hydrogen-bond donors (Lipinski definition) is 2. The van der Waals surface area contributed by atoms with E-state index < -0.39 is 5.41 Å². The molecule has 126 valence electrons. The summed E-state index contributed by atoms with van der Waals surface area (Å²) < 4.78 is 0. The number of hydrogen-bond acceptors (Lipinski definition) is 3. The zero-order valence-corrected chi connectivity index (χ0v) is 14.5. The SMILES string of the molecule is CNC1CCN(C(=O)c2ccccc2NC(=O)C(C)(C)C)CC1. The van der Waals surface area contributed by atoms with Gasteiger partial charge in [0.15, 0.2) is 0 Å². The molecule has 5 heteroatoms. The molecule has 1 aromatic carbocycles. The first-order valence-corrected chi connectivity index (χ1v) is 8.20. The van der Waals surface area contributed by atoms with Gasteiger partial charge in [-0.2, -0.15) is 0 Å². The van der Waals surface area contributed by atoms with Crippen LogP contribution < -0.4 is 10.6 Å². The standard InChI is InChI=1S/C18H27N3O2/c1-18(2,3)17(23)20-15-8-6-5-7-14(15)16(22)21-11-9-13(19-4)10-12-21/h5-8,13,19H,9-12H2,1-4H3,(H,20,23). The fraction of sp³-hybridized carbons (Fsp3) is 0.556. The zero-order valence-electron chi connectivity index (χ0n) is 14.5. The van der Waals surface area contributed by atoms with Gasteiger partial charge < -0.3 is 15.5 Å². The van der Waals surface area contributed by atoms with E-state index in [0.29, 0.717) is 17.3 Å². The molecule has 0 radical (unpaired) electrons. The van der Waals surface area contributed by atoms with Gasteiger partial charge in [-0.1, -0.05) is 32.9 Å². The first kappa shape index (κ1) is 17.5. The Morgan fingerprint density at radius 1 is 1.13 bits per heavy atom. The molecule has 1 heterocycles. The fourth-order valence-corrected chi connectivity index (χ4v) is 2.63. The molecule has 1 saturated heterocycles. The summed E-state index contributed by atoms with van der Waals surface area (Å²) in [4.78, 5) is 26.9. The number of benzene rings is 1. The summed E-state index contributed by atoms with van der Waals surface area (Å²) in [5, 5.41) is 6.15. The van der Waals surface area contributed by atoms with Crippen LogP contribution in [0.25, 0.3) is 0 Å². The minimum Gasteiger partial charge on any atom is -0.338 e. The average molecular weight is 317 g/mol. The molecule has 0 unspecified atom stereocenters. The summed E-state index contributed by atoms with van der Waals surface area (Å²) in [5.74, 6) is -0.101. The summed E-state index contributed by atoms with van der Waals surface area (Å²) in [6, 6.07) is 7.72. The van der Waals surface area contributed by atoms with Gasteiger partial charge >= 0.3 is 0 Å². The van der Waals surface area contributed by atoms with Crippen LogP contribution in [0.1, 0.15) is 44.0 Å². The van der Waals surface area contributed by atoms with Crippen LogP contribution in [0.5, 0.6) is 0 Å². The third kappa shape index (κ3) is 4.32. The number of nitrogens with one attached hydrogen (secondary N) is 2. The van der Waals surface area contributed by atoms with Crippen LogP contribution in [0.15, 0.2) is 24.3 Å². The van der Waals surface area contributed by atoms with Crippen molar-refractivity contribution < 1.29 is 9.59 Å². The lowest BCUT2D eigenvalue weighted by Gasteiger charge is -2.32. The molecule has 1 aromatic rings. The maximum absolute atomic E-state index is 12.8. The van der Waals surface area contributed by atoms with Crippen molar-refractivity contribution in [1.82, 2.24) is 10.2 Å². The Kier molecular flexibility index (Phi) is 5.42. The summed E-state index contributed by atoms with van der Waals surface area (Å²) in [7, 11) is 1.96. The van der Waals surface area contributed by atoms with E-state index in [1.54, 1.807) is 12.1 Å². The van der Waals surface area contributed by atoms with E-state index in [2.05, 4.69) is 10.6 Å². The Bertz CT molecular complexity index is 570. The van der Waals surface area contributed by atoms with E-state index in [1.165, 1.54) is 0 Å². The molecular formula is C18H27N3O2. The summed E-state index contributed by atoms with van der Waals surface area (Å²) in [5.41, 5.74) is 0.655. The van der Waals surface area contributed by atoms with Crippen molar-refractivity contribution >= 4 is 17.5 Å². The number of amides is 2. The van der Waals surface area contributed by atoms with E-state index in [9.17, 15) is 9.59 Å². The highest BCUT2D eigenvalue weighted by Crippen LogP contribution is 2.23.